The molecule has 1 aromatic heterocycles. The third-order valence-corrected chi connectivity index (χ3v) is 3.77. The summed E-state index contributed by atoms with van der Waals surface area (Å²) in [5.41, 5.74) is 1.09. The second kappa shape index (κ2) is 5.01. The number of anilines is 1. The molecule has 0 amide bonds. The Morgan fingerprint density at radius 1 is 1.43 bits per heavy atom. The standard InChI is InChI=1S/C14H13N3O4/c18-14(19)12-4-2-8-16(12)11-6-5-10(17(20)21)9-3-1-7-15-13(9)11/h1,3,5-7,12H,2,4,8H2,(H,18,19). The molecule has 1 saturated heterocycles. The summed E-state index contributed by atoms with van der Waals surface area (Å²) in [5, 5.41) is 20.8. The van der Waals surface area contributed by atoms with Crippen LogP contribution in [-0.2, 0) is 4.79 Å². The number of fused-ring (bicyclic) bond motifs is 1. The van der Waals surface area contributed by atoms with E-state index in [0.717, 1.165) is 6.42 Å². The van der Waals surface area contributed by atoms with Crippen molar-refractivity contribution in [3.8, 4) is 0 Å². The van der Waals surface area contributed by atoms with Crippen LogP contribution >= 0.6 is 0 Å². The SMILES string of the molecule is O=C(O)C1CCCN1c1ccc([N+](=O)[O-])c2cccnc12. The van der Waals surface area contributed by atoms with Gasteiger partial charge >= 0.3 is 5.97 Å². The molecule has 0 radical (unpaired) electrons. The third-order valence-electron chi connectivity index (χ3n) is 3.77. The Labute approximate surface area is 120 Å². The van der Waals surface area contributed by atoms with E-state index < -0.39 is 16.9 Å². The van der Waals surface area contributed by atoms with Gasteiger partial charge in [0.1, 0.15) is 11.6 Å². The molecule has 2 aromatic rings. The van der Waals surface area contributed by atoms with Crippen molar-refractivity contribution in [2.75, 3.05) is 11.4 Å². The van der Waals surface area contributed by atoms with Crippen molar-refractivity contribution in [3.63, 3.8) is 0 Å². The van der Waals surface area contributed by atoms with Crippen LogP contribution in [0.4, 0.5) is 11.4 Å². The number of aromatic nitrogens is 1. The number of carboxylic acids is 1. The molecule has 0 bridgehead atoms. The van der Waals surface area contributed by atoms with E-state index in [2.05, 4.69) is 4.98 Å². The van der Waals surface area contributed by atoms with Gasteiger partial charge in [-0.1, -0.05) is 0 Å². The molecule has 0 saturated carbocycles. The highest BCUT2D eigenvalue weighted by Crippen LogP contribution is 2.35. The lowest BCUT2D eigenvalue weighted by atomic mass is 10.1. The van der Waals surface area contributed by atoms with Gasteiger partial charge in [-0.25, -0.2) is 4.79 Å². The van der Waals surface area contributed by atoms with Crippen molar-refractivity contribution >= 4 is 28.2 Å². The average molecular weight is 287 g/mol. The number of carbonyl (C=O) groups is 1. The van der Waals surface area contributed by atoms with Crippen molar-refractivity contribution in [3.05, 3.63) is 40.6 Å². The van der Waals surface area contributed by atoms with Crippen LogP contribution in [0.15, 0.2) is 30.5 Å². The summed E-state index contributed by atoms with van der Waals surface area (Å²) in [6, 6.07) is 5.68. The second-order valence-electron chi connectivity index (χ2n) is 4.95. The molecule has 3 rings (SSSR count). The number of carboxylic acid groups (broad SMARTS) is 1. The minimum atomic E-state index is -0.880. The molecule has 7 nitrogen and oxygen atoms in total. The molecule has 1 unspecified atom stereocenters. The van der Waals surface area contributed by atoms with Gasteiger partial charge in [0.05, 0.1) is 16.0 Å². The van der Waals surface area contributed by atoms with E-state index in [1.54, 1.807) is 29.3 Å². The van der Waals surface area contributed by atoms with E-state index in [4.69, 9.17) is 0 Å². The predicted octanol–water partition coefficient (Wildman–Crippen LogP) is 2.20. The fourth-order valence-electron chi connectivity index (χ4n) is 2.85. The Kier molecular flexibility index (Phi) is 3.17. The van der Waals surface area contributed by atoms with Crippen LogP contribution in [0, 0.1) is 10.1 Å². The van der Waals surface area contributed by atoms with Gasteiger partial charge in [0.15, 0.2) is 0 Å². The van der Waals surface area contributed by atoms with E-state index in [-0.39, 0.29) is 5.69 Å². The van der Waals surface area contributed by atoms with Crippen LogP contribution < -0.4 is 4.90 Å². The number of non-ortho nitro benzene ring substituents is 1. The fourth-order valence-corrected chi connectivity index (χ4v) is 2.85. The summed E-state index contributed by atoms with van der Waals surface area (Å²) in [7, 11) is 0. The maximum absolute atomic E-state index is 11.3. The predicted molar refractivity (Wildman–Crippen MR) is 76.4 cm³/mol. The highest BCUT2D eigenvalue weighted by molar-refractivity contribution is 5.98. The lowest BCUT2D eigenvalue weighted by molar-refractivity contribution is -0.383. The zero-order valence-corrected chi connectivity index (χ0v) is 11.1. The van der Waals surface area contributed by atoms with Gasteiger partial charge in [0.2, 0.25) is 0 Å². The molecule has 0 spiro atoms. The zero-order chi connectivity index (χ0) is 15.0. The van der Waals surface area contributed by atoms with Crippen molar-refractivity contribution in [2.24, 2.45) is 0 Å². The van der Waals surface area contributed by atoms with Gasteiger partial charge < -0.3 is 10.0 Å². The molecular weight excluding hydrogens is 274 g/mol. The average Bonchev–Trinajstić information content (AvgIpc) is 2.95. The van der Waals surface area contributed by atoms with Gasteiger partial charge in [-0.3, -0.25) is 15.1 Å². The maximum Gasteiger partial charge on any atom is 0.326 e. The maximum atomic E-state index is 11.3. The molecule has 7 heteroatoms. The van der Waals surface area contributed by atoms with Gasteiger partial charge in [0.25, 0.3) is 5.69 Å². The van der Waals surface area contributed by atoms with Crippen LogP contribution in [-0.4, -0.2) is 33.6 Å². The summed E-state index contributed by atoms with van der Waals surface area (Å²) < 4.78 is 0. The Bertz CT molecular complexity index is 731. The molecule has 1 aromatic carbocycles. The zero-order valence-electron chi connectivity index (χ0n) is 11.1. The molecule has 1 aliphatic rings. The number of rotatable bonds is 3. The highest BCUT2D eigenvalue weighted by atomic mass is 16.6. The Morgan fingerprint density at radius 3 is 2.95 bits per heavy atom. The molecule has 1 N–H and O–H groups in total. The lowest BCUT2D eigenvalue weighted by Gasteiger charge is -2.24. The van der Waals surface area contributed by atoms with Crippen LogP contribution in [0.3, 0.4) is 0 Å². The van der Waals surface area contributed by atoms with Gasteiger partial charge in [-0.15, -0.1) is 0 Å². The van der Waals surface area contributed by atoms with E-state index in [0.29, 0.717) is 29.6 Å². The van der Waals surface area contributed by atoms with Gasteiger partial charge in [0, 0.05) is 18.8 Å². The summed E-state index contributed by atoms with van der Waals surface area (Å²) in [6.07, 6.45) is 2.91. The van der Waals surface area contributed by atoms with Crippen molar-refractivity contribution in [1.82, 2.24) is 4.98 Å². The summed E-state index contributed by atoms with van der Waals surface area (Å²) >= 11 is 0. The van der Waals surface area contributed by atoms with E-state index >= 15 is 0 Å². The number of aliphatic carboxylic acids is 1. The quantitative estimate of drug-likeness (QED) is 0.686. The van der Waals surface area contributed by atoms with Crippen molar-refractivity contribution in [2.45, 2.75) is 18.9 Å². The Balaban J connectivity index is 2.18. The summed E-state index contributed by atoms with van der Waals surface area (Å²) in [4.78, 5) is 28.0. The van der Waals surface area contributed by atoms with Gasteiger partial charge in [-0.2, -0.15) is 0 Å². The number of nitrogens with zero attached hydrogens (tertiary/aromatic N) is 3. The molecule has 21 heavy (non-hydrogen) atoms. The monoisotopic (exact) mass is 287 g/mol. The number of hydrogen-bond donors (Lipinski definition) is 1. The first kappa shape index (κ1) is 13.3. The molecule has 108 valence electrons. The minimum Gasteiger partial charge on any atom is -0.480 e. The molecule has 0 aliphatic carbocycles. The fraction of sp³-hybridized carbons (Fsp3) is 0.286. The first-order valence-corrected chi connectivity index (χ1v) is 6.61. The number of benzene rings is 1. The largest absolute Gasteiger partial charge is 0.480 e. The van der Waals surface area contributed by atoms with Crippen molar-refractivity contribution < 1.29 is 14.8 Å². The molecular formula is C14H13N3O4. The van der Waals surface area contributed by atoms with E-state index in [1.807, 2.05) is 0 Å². The smallest absolute Gasteiger partial charge is 0.326 e. The molecule has 1 atom stereocenters. The first-order chi connectivity index (χ1) is 10.1. The summed E-state index contributed by atoms with van der Waals surface area (Å²) in [6.45, 7) is 0.612. The highest BCUT2D eigenvalue weighted by Gasteiger charge is 2.32. The molecule has 2 heterocycles. The Hall–Kier alpha value is -2.70. The topological polar surface area (TPSA) is 96.6 Å². The van der Waals surface area contributed by atoms with Crippen LogP contribution in [0.1, 0.15) is 12.8 Å². The summed E-state index contributed by atoms with van der Waals surface area (Å²) in [5.74, 6) is -0.880. The minimum absolute atomic E-state index is 0.0204. The number of pyridine rings is 1. The number of nitro groups is 1. The number of hydrogen-bond acceptors (Lipinski definition) is 5. The first-order valence-electron chi connectivity index (χ1n) is 6.61. The third kappa shape index (κ3) is 2.16. The molecule has 1 aliphatic heterocycles. The Morgan fingerprint density at radius 2 is 2.24 bits per heavy atom. The van der Waals surface area contributed by atoms with E-state index in [9.17, 15) is 20.0 Å². The second-order valence-corrected chi connectivity index (χ2v) is 4.95. The van der Waals surface area contributed by atoms with Crippen LogP contribution in [0.2, 0.25) is 0 Å². The van der Waals surface area contributed by atoms with Gasteiger partial charge in [-0.05, 0) is 31.0 Å². The van der Waals surface area contributed by atoms with Crippen molar-refractivity contribution in [1.29, 1.82) is 0 Å². The van der Waals surface area contributed by atoms with Crippen LogP contribution in [0.25, 0.3) is 10.9 Å². The normalized spacial score (nSPS) is 18.1. The lowest BCUT2D eigenvalue weighted by Crippen LogP contribution is -2.36. The number of nitro benzene ring substituents is 1. The van der Waals surface area contributed by atoms with E-state index in [1.165, 1.54) is 6.07 Å². The van der Waals surface area contributed by atoms with Crippen LogP contribution in [0.5, 0.6) is 0 Å². The molecule has 1 fully saturated rings.